The van der Waals surface area contributed by atoms with Crippen molar-refractivity contribution in [1.29, 1.82) is 0 Å². The molecule has 3 rings (SSSR count). The Morgan fingerprint density at radius 1 is 1.11 bits per heavy atom. The number of halogens is 1. The summed E-state index contributed by atoms with van der Waals surface area (Å²) in [5.74, 6) is 0.675. The van der Waals surface area contributed by atoms with Crippen molar-refractivity contribution in [3.63, 3.8) is 0 Å². The number of nitrogens with two attached hydrogens (primary N) is 1. The smallest absolute Gasteiger partial charge is 0.196 e. The average molecular weight is 322 g/mol. The van der Waals surface area contributed by atoms with E-state index in [2.05, 4.69) is 44.0 Å². The zero-order valence-electron chi connectivity index (χ0n) is 11.1. The van der Waals surface area contributed by atoms with Gasteiger partial charge in [0.25, 0.3) is 0 Å². The highest BCUT2D eigenvalue weighted by Crippen LogP contribution is 2.41. The number of anilines is 1. The molecule has 2 aliphatic rings. The van der Waals surface area contributed by atoms with Crippen LogP contribution >= 0.6 is 15.9 Å². The molecule has 3 nitrogen and oxygen atoms in total. The van der Waals surface area contributed by atoms with Crippen LogP contribution in [0.4, 0.5) is 5.69 Å². The Morgan fingerprint density at radius 3 is 2.47 bits per heavy atom. The zero-order valence-corrected chi connectivity index (χ0v) is 12.7. The van der Waals surface area contributed by atoms with Gasteiger partial charge < -0.3 is 10.6 Å². The number of aliphatic imine (C=N–C) groups is 1. The maximum absolute atomic E-state index is 6.19. The van der Waals surface area contributed by atoms with Crippen molar-refractivity contribution in [1.82, 2.24) is 0 Å². The first-order chi connectivity index (χ1) is 9.23. The molecule has 0 radical (unpaired) electrons. The lowest BCUT2D eigenvalue weighted by Gasteiger charge is -2.39. The Kier molecular flexibility index (Phi) is 3.52. The van der Waals surface area contributed by atoms with Gasteiger partial charge in [-0.1, -0.05) is 37.8 Å². The standard InChI is InChI=1S/C15H20BrN3/c16-12-7-3-4-8-13(12)19-14(17)18-11-15(19)9-5-1-2-6-10-15/h3-4,7-8H,1-2,5-6,9-11H2,(H2,17,18). The lowest BCUT2D eigenvalue weighted by molar-refractivity contribution is 0.399. The van der Waals surface area contributed by atoms with Gasteiger partial charge in [0.05, 0.1) is 17.8 Å². The minimum Gasteiger partial charge on any atom is -0.369 e. The summed E-state index contributed by atoms with van der Waals surface area (Å²) >= 11 is 3.65. The summed E-state index contributed by atoms with van der Waals surface area (Å²) < 4.78 is 1.10. The van der Waals surface area contributed by atoms with Gasteiger partial charge in [0, 0.05) is 4.47 Å². The second-order valence-corrected chi connectivity index (χ2v) is 6.45. The molecule has 1 aromatic carbocycles. The van der Waals surface area contributed by atoms with E-state index in [1.165, 1.54) is 38.5 Å². The molecule has 19 heavy (non-hydrogen) atoms. The maximum Gasteiger partial charge on any atom is 0.196 e. The Hall–Kier alpha value is -1.03. The van der Waals surface area contributed by atoms with Gasteiger partial charge in [-0.2, -0.15) is 0 Å². The minimum atomic E-state index is 0.116. The summed E-state index contributed by atoms with van der Waals surface area (Å²) in [4.78, 5) is 6.83. The molecule has 1 aliphatic heterocycles. The van der Waals surface area contributed by atoms with Crippen LogP contribution in [0.5, 0.6) is 0 Å². The first-order valence-electron chi connectivity index (χ1n) is 7.08. The first-order valence-corrected chi connectivity index (χ1v) is 7.87. The van der Waals surface area contributed by atoms with Crippen molar-refractivity contribution in [3.05, 3.63) is 28.7 Å². The van der Waals surface area contributed by atoms with Gasteiger partial charge >= 0.3 is 0 Å². The van der Waals surface area contributed by atoms with Crippen molar-refractivity contribution in [2.24, 2.45) is 10.7 Å². The molecular formula is C15H20BrN3. The summed E-state index contributed by atoms with van der Waals surface area (Å²) in [6.45, 7) is 0.847. The van der Waals surface area contributed by atoms with E-state index in [1.54, 1.807) is 0 Å². The Bertz CT molecular complexity index is 490. The van der Waals surface area contributed by atoms with E-state index in [9.17, 15) is 0 Å². The first kappa shape index (κ1) is 13.0. The summed E-state index contributed by atoms with van der Waals surface area (Å²) in [5.41, 5.74) is 7.46. The molecule has 1 heterocycles. The van der Waals surface area contributed by atoms with E-state index in [-0.39, 0.29) is 5.54 Å². The molecule has 102 valence electrons. The van der Waals surface area contributed by atoms with Crippen molar-refractivity contribution < 1.29 is 0 Å². The number of hydrogen-bond acceptors (Lipinski definition) is 3. The summed E-state index contributed by atoms with van der Waals surface area (Å²) in [7, 11) is 0. The van der Waals surface area contributed by atoms with E-state index in [0.29, 0.717) is 5.96 Å². The highest BCUT2D eigenvalue weighted by molar-refractivity contribution is 9.10. The second-order valence-electron chi connectivity index (χ2n) is 5.60. The molecule has 4 heteroatoms. The van der Waals surface area contributed by atoms with Gasteiger partial charge in [0.1, 0.15) is 0 Å². The third kappa shape index (κ3) is 2.27. The second kappa shape index (κ2) is 5.16. The Morgan fingerprint density at radius 2 is 1.79 bits per heavy atom. The van der Waals surface area contributed by atoms with Crippen LogP contribution in [-0.4, -0.2) is 18.0 Å². The van der Waals surface area contributed by atoms with E-state index >= 15 is 0 Å². The average Bonchev–Trinajstić information content (AvgIpc) is 2.60. The number of guanidine groups is 1. The van der Waals surface area contributed by atoms with Gasteiger partial charge in [-0.3, -0.25) is 4.99 Å². The van der Waals surface area contributed by atoms with Crippen LogP contribution < -0.4 is 10.6 Å². The number of nitrogens with zero attached hydrogens (tertiary/aromatic N) is 2. The summed E-state index contributed by atoms with van der Waals surface area (Å²) in [5, 5.41) is 0. The Labute approximate surface area is 123 Å². The number of benzene rings is 1. The van der Waals surface area contributed by atoms with Crippen LogP contribution in [0.3, 0.4) is 0 Å². The monoisotopic (exact) mass is 321 g/mol. The molecule has 0 bridgehead atoms. The highest BCUT2D eigenvalue weighted by atomic mass is 79.9. The van der Waals surface area contributed by atoms with Crippen molar-refractivity contribution in [2.75, 3.05) is 11.4 Å². The van der Waals surface area contributed by atoms with Crippen LogP contribution in [0.25, 0.3) is 0 Å². The number of hydrogen-bond donors (Lipinski definition) is 1. The molecule has 1 fully saturated rings. The van der Waals surface area contributed by atoms with Crippen LogP contribution in [-0.2, 0) is 0 Å². The van der Waals surface area contributed by atoms with Crippen molar-refractivity contribution >= 4 is 27.6 Å². The molecule has 0 amide bonds. The van der Waals surface area contributed by atoms with E-state index < -0.39 is 0 Å². The summed E-state index contributed by atoms with van der Waals surface area (Å²) in [6, 6.07) is 8.31. The molecule has 0 atom stereocenters. The minimum absolute atomic E-state index is 0.116. The fourth-order valence-electron chi connectivity index (χ4n) is 3.39. The fraction of sp³-hybridized carbons (Fsp3) is 0.533. The van der Waals surface area contributed by atoms with Crippen molar-refractivity contribution in [2.45, 2.75) is 44.1 Å². The van der Waals surface area contributed by atoms with Crippen molar-refractivity contribution in [3.8, 4) is 0 Å². The topological polar surface area (TPSA) is 41.6 Å². The maximum atomic E-state index is 6.19. The molecule has 2 N–H and O–H groups in total. The van der Waals surface area contributed by atoms with Crippen LogP contribution in [0.15, 0.2) is 33.7 Å². The highest BCUT2D eigenvalue weighted by Gasteiger charge is 2.43. The van der Waals surface area contributed by atoms with E-state index in [0.717, 1.165) is 16.7 Å². The lowest BCUT2D eigenvalue weighted by Crippen LogP contribution is -2.51. The molecule has 0 saturated heterocycles. The molecule has 1 spiro atoms. The van der Waals surface area contributed by atoms with Gasteiger partial charge in [-0.25, -0.2) is 0 Å². The van der Waals surface area contributed by atoms with Gasteiger partial charge in [-0.15, -0.1) is 0 Å². The molecule has 1 saturated carbocycles. The molecule has 1 aromatic rings. The van der Waals surface area contributed by atoms with Gasteiger partial charge in [-0.05, 0) is 40.9 Å². The third-order valence-electron chi connectivity index (χ3n) is 4.37. The Balaban J connectivity index is 2.00. The fourth-order valence-corrected chi connectivity index (χ4v) is 3.86. The molecule has 1 aliphatic carbocycles. The van der Waals surface area contributed by atoms with Crippen LogP contribution in [0.1, 0.15) is 38.5 Å². The van der Waals surface area contributed by atoms with Gasteiger partial charge in [0.2, 0.25) is 0 Å². The largest absolute Gasteiger partial charge is 0.369 e. The SMILES string of the molecule is NC1=NCC2(CCCCCC2)N1c1ccccc1Br. The van der Waals surface area contributed by atoms with E-state index in [4.69, 9.17) is 5.73 Å². The van der Waals surface area contributed by atoms with E-state index in [1.807, 2.05) is 6.07 Å². The van der Waals surface area contributed by atoms with Crippen LogP contribution in [0, 0.1) is 0 Å². The quantitative estimate of drug-likeness (QED) is 0.857. The summed E-state index contributed by atoms with van der Waals surface area (Å²) in [6.07, 6.45) is 7.63. The predicted molar refractivity (Wildman–Crippen MR) is 83.5 cm³/mol. The molecule has 0 unspecified atom stereocenters. The normalized spacial score (nSPS) is 22.4. The third-order valence-corrected chi connectivity index (χ3v) is 5.04. The van der Waals surface area contributed by atoms with Crippen LogP contribution in [0.2, 0.25) is 0 Å². The molecular weight excluding hydrogens is 302 g/mol. The zero-order chi connectivity index (χ0) is 13.3. The van der Waals surface area contributed by atoms with Gasteiger partial charge in [0.15, 0.2) is 5.96 Å². The number of rotatable bonds is 1. The molecule has 0 aromatic heterocycles. The number of para-hydroxylation sites is 1. The predicted octanol–water partition coefficient (Wildman–Crippen LogP) is 3.68. The lowest BCUT2D eigenvalue weighted by atomic mass is 9.89.